The van der Waals surface area contributed by atoms with E-state index in [1.807, 2.05) is 0 Å². The topological polar surface area (TPSA) is 95.6 Å². The Morgan fingerprint density at radius 3 is 2.72 bits per heavy atom. The third-order valence-corrected chi connectivity index (χ3v) is 3.15. The molecule has 18 heavy (non-hydrogen) atoms. The van der Waals surface area contributed by atoms with E-state index >= 15 is 0 Å². The van der Waals surface area contributed by atoms with Gasteiger partial charge in [0.15, 0.2) is 0 Å². The summed E-state index contributed by atoms with van der Waals surface area (Å²) in [7, 11) is 0. The molecule has 100 valence electrons. The van der Waals surface area contributed by atoms with Gasteiger partial charge in [-0.1, -0.05) is 15.9 Å². The van der Waals surface area contributed by atoms with Crippen LogP contribution in [0.25, 0.3) is 0 Å². The van der Waals surface area contributed by atoms with Crippen molar-refractivity contribution < 1.29 is 15.1 Å². The van der Waals surface area contributed by atoms with E-state index in [4.69, 9.17) is 5.11 Å². The first kappa shape index (κ1) is 15.0. The highest BCUT2D eigenvalue weighted by atomic mass is 79.9. The molecular formula is C11H15BrN2O4. The maximum atomic E-state index is 10.6. The Morgan fingerprint density at radius 1 is 1.56 bits per heavy atom. The van der Waals surface area contributed by atoms with Crippen LogP contribution in [0.5, 0.6) is 0 Å². The SMILES string of the molecule is CC(O)(CO)CNCc1ccc([N+](=O)[O-])cc1Br. The van der Waals surface area contributed by atoms with E-state index in [1.54, 1.807) is 6.07 Å². The average molecular weight is 319 g/mol. The lowest BCUT2D eigenvalue weighted by molar-refractivity contribution is -0.384. The second-order valence-electron chi connectivity index (χ2n) is 4.29. The number of hydrogen-bond donors (Lipinski definition) is 3. The normalized spacial score (nSPS) is 14.2. The molecule has 0 heterocycles. The van der Waals surface area contributed by atoms with Crippen LogP contribution in [-0.2, 0) is 6.54 Å². The summed E-state index contributed by atoms with van der Waals surface area (Å²) >= 11 is 3.26. The average Bonchev–Trinajstić information content (AvgIpc) is 2.31. The number of nitrogens with zero attached hydrogens (tertiary/aromatic N) is 1. The molecule has 0 saturated heterocycles. The summed E-state index contributed by atoms with van der Waals surface area (Å²) in [5, 5.41) is 32.0. The molecule has 1 rings (SSSR count). The third kappa shape index (κ3) is 4.34. The van der Waals surface area contributed by atoms with Gasteiger partial charge in [0, 0.05) is 29.7 Å². The smallest absolute Gasteiger partial charge is 0.270 e. The van der Waals surface area contributed by atoms with Crippen molar-refractivity contribution in [3.8, 4) is 0 Å². The number of aliphatic hydroxyl groups is 2. The van der Waals surface area contributed by atoms with Gasteiger partial charge in [-0.3, -0.25) is 10.1 Å². The molecule has 0 aromatic heterocycles. The van der Waals surface area contributed by atoms with Gasteiger partial charge in [-0.25, -0.2) is 0 Å². The molecule has 0 radical (unpaired) electrons. The number of nitrogens with one attached hydrogen (secondary N) is 1. The summed E-state index contributed by atoms with van der Waals surface area (Å²) in [5.41, 5.74) is -0.310. The van der Waals surface area contributed by atoms with Crippen LogP contribution in [0.3, 0.4) is 0 Å². The second-order valence-corrected chi connectivity index (χ2v) is 5.15. The van der Waals surface area contributed by atoms with Gasteiger partial charge in [0.05, 0.1) is 17.1 Å². The van der Waals surface area contributed by atoms with Crippen LogP contribution in [-0.4, -0.2) is 33.9 Å². The van der Waals surface area contributed by atoms with Crippen LogP contribution < -0.4 is 5.32 Å². The largest absolute Gasteiger partial charge is 0.393 e. The van der Waals surface area contributed by atoms with E-state index < -0.39 is 10.5 Å². The molecule has 0 bridgehead atoms. The zero-order chi connectivity index (χ0) is 13.8. The molecule has 7 heteroatoms. The maximum absolute atomic E-state index is 10.6. The summed E-state index contributed by atoms with van der Waals surface area (Å²) in [6, 6.07) is 4.50. The molecule has 0 fully saturated rings. The lowest BCUT2D eigenvalue weighted by Gasteiger charge is -2.20. The Kier molecular flexibility index (Phi) is 5.21. The van der Waals surface area contributed by atoms with Crippen LogP contribution in [0.1, 0.15) is 12.5 Å². The molecule has 0 aliphatic carbocycles. The molecule has 6 nitrogen and oxygen atoms in total. The number of hydrogen-bond acceptors (Lipinski definition) is 5. The van der Waals surface area contributed by atoms with Crippen molar-refractivity contribution in [1.82, 2.24) is 5.32 Å². The number of aliphatic hydroxyl groups excluding tert-OH is 1. The quantitative estimate of drug-likeness (QED) is 0.541. The molecular weight excluding hydrogens is 304 g/mol. The number of nitro benzene ring substituents is 1. The third-order valence-electron chi connectivity index (χ3n) is 2.41. The van der Waals surface area contributed by atoms with Gasteiger partial charge >= 0.3 is 0 Å². The minimum Gasteiger partial charge on any atom is -0.393 e. The van der Waals surface area contributed by atoms with Crippen molar-refractivity contribution in [2.75, 3.05) is 13.2 Å². The summed E-state index contributed by atoms with van der Waals surface area (Å²) in [6.45, 7) is 1.86. The van der Waals surface area contributed by atoms with Crippen molar-refractivity contribution in [1.29, 1.82) is 0 Å². The number of halogens is 1. The van der Waals surface area contributed by atoms with Crippen LogP contribution in [0.2, 0.25) is 0 Å². The van der Waals surface area contributed by atoms with Crippen molar-refractivity contribution in [2.24, 2.45) is 0 Å². The van der Waals surface area contributed by atoms with E-state index in [-0.39, 0.29) is 18.8 Å². The first-order valence-electron chi connectivity index (χ1n) is 5.32. The van der Waals surface area contributed by atoms with E-state index in [2.05, 4.69) is 21.2 Å². The molecule has 1 aromatic rings. The van der Waals surface area contributed by atoms with Gasteiger partial charge in [-0.05, 0) is 18.6 Å². The zero-order valence-corrected chi connectivity index (χ0v) is 11.5. The van der Waals surface area contributed by atoms with Crippen molar-refractivity contribution in [2.45, 2.75) is 19.1 Å². The standard InChI is InChI=1S/C11H15BrN2O4/c1-11(16,7-15)6-13-5-8-2-3-9(14(17)18)4-10(8)12/h2-4,13,15-16H,5-7H2,1H3. The first-order chi connectivity index (χ1) is 8.35. The zero-order valence-electron chi connectivity index (χ0n) is 9.89. The lowest BCUT2D eigenvalue weighted by Crippen LogP contribution is -2.40. The van der Waals surface area contributed by atoms with Crippen molar-refractivity contribution in [3.05, 3.63) is 38.3 Å². The molecule has 3 N–H and O–H groups in total. The minimum atomic E-state index is -1.17. The van der Waals surface area contributed by atoms with Crippen molar-refractivity contribution >= 4 is 21.6 Å². The molecule has 0 saturated carbocycles. The van der Waals surface area contributed by atoms with Gasteiger partial charge in [0.25, 0.3) is 5.69 Å². The Bertz CT molecular complexity index is 437. The Morgan fingerprint density at radius 2 is 2.22 bits per heavy atom. The van der Waals surface area contributed by atoms with Crippen LogP contribution in [0.4, 0.5) is 5.69 Å². The van der Waals surface area contributed by atoms with E-state index in [0.717, 1.165) is 5.56 Å². The number of benzene rings is 1. The predicted molar refractivity (Wildman–Crippen MR) is 70.2 cm³/mol. The minimum absolute atomic E-state index is 0.0213. The van der Waals surface area contributed by atoms with Crippen LogP contribution in [0, 0.1) is 10.1 Å². The highest BCUT2D eigenvalue weighted by molar-refractivity contribution is 9.10. The van der Waals surface area contributed by atoms with Crippen LogP contribution >= 0.6 is 15.9 Å². The second kappa shape index (κ2) is 6.24. The Labute approximate surface area is 113 Å². The Hall–Kier alpha value is -1.02. The summed E-state index contributed by atoms with van der Waals surface area (Å²) in [6.07, 6.45) is 0. The summed E-state index contributed by atoms with van der Waals surface area (Å²) in [4.78, 5) is 10.1. The number of non-ortho nitro benzene ring substituents is 1. The van der Waals surface area contributed by atoms with E-state index in [0.29, 0.717) is 11.0 Å². The monoisotopic (exact) mass is 318 g/mol. The Balaban J connectivity index is 2.61. The van der Waals surface area contributed by atoms with Gasteiger partial charge < -0.3 is 15.5 Å². The van der Waals surface area contributed by atoms with E-state index in [1.165, 1.54) is 19.1 Å². The first-order valence-corrected chi connectivity index (χ1v) is 6.12. The molecule has 1 atom stereocenters. The van der Waals surface area contributed by atoms with Gasteiger partial charge in [0.1, 0.15) is 0 Å². The summed E-state index contributed by atoms with van der Waals surface area (Å²) in [5.74, 6) is 0. The van der Waals surface area contributed by atoms with Gasteiger partial charge in [0.2, 0.25) is 0 Å². The fourth-order valence-electron chi connectivity index (χ4n) is 1.32. The molecule has 0 aliphatic heterocycles. The number of rotatable bonds is 6. The number of nitro groups is 1. The van der Waals surface area contributed by atoms with Crippen LogP contribution in [0.15, 0.2) is 22.7 Å². The fraction of sp³-hybridized carbons (Fsp3) is 0.455. The van der Waals surface area contributed by atoms with E-state index in [9.17, 15) is 15.2 Å². The molecule has 0 amide bonds. The molecule has 0 spiro atoms. The molecule has 0 aliphatic rings. The van der Waals surface area contributed by atoms with Gasteiger partial charge in [-0.2, -0.15) is 0 Å². The summed E-state index contributed by atoms with van der Waals surface area (Å²) < 4.78 is 0.632. The molecule has 1 unspecified atom stereocenters. The van der Waals surface area contributed by atoms with Crippen molar-refractivity contribution in [3.63, 3.8) is 0 Å². The lowest BCUT2D eigenvalue weighted by atomic mass is 10.1. The predicted octanol–water partition coefficient (Wildman–Crippen LogP) is 1.19. The van der Waals surface area contributed by atoms with Gasteiger partial charge in [-0.15, -0.1) is 0 Å². The fourth-order valence-corrected chi connectivity index (χ4v) is 1.82. The molecule has 1 aromatic carbocycles. The highest BCUT2D eigenvalue weighted by Crippen LogP contribution is 2.22. The highest BCUT2D eigenvalue weighted by Gasteiger charge is 2.18. The maximum Gasteiger partial charge on any atom is 0.270 e.